The summed E-state index contributed by atoms with van der Waals surface area (Å²) >= 11 is -0.105. The first-order valence-corrected chi connectivity index (χ1v) is 7.63. The monoisotopic (exact) mass is 332 g/mol. The molecule has 0 saturated heterocycles. The van der Waals surface area contributed by atoms with Crippen LogP contribution in [0.2, 0.25) is 0 Å². The first-order chi connectivity index (χ1) is 9.78. The number of nitrogens with zero attached hydrogens (tertiary/aromatic N) is 2. The summed E-state index contributed by atoms with van der Waals surface area (Å²) in [6, 6.07) is 12.9. The van der Waals surface area contributed by atoms with E-state index in [9.17, 15) is 4.79 Å². The number of carbonyl (C=O) groups excluding carboxylic acids is 1. The van der Waals surface area contributed by atoms with E-state index in [1.54, 1.807) is 12.1 Å². The van der Waals surface area contributed by atoms with Gasteiger partial charge in [0.25, 0.3) is 0 Å². The molecule has 0 bridgehead atoms. The number of nitrogens with two attached hydrogens (primary N) is 1. The zero-order valence-corrected chi connectivity index (χ0v) is 12.2. The fourth-order valence-corrected chi connectivity index (χ4v) is 3.05. The van der Waals surface area contributed by atoms with Gasteiger partial charge in [-0.1, -0.05) is 0 Å². The van der Waals surface area contributed by atoms with Crippen LogP contribution in [0.3, 0.4) is 0 Å². The van der Waals surface area contributed by atoms with Crippen molar-refractivity contribution in [2.24, 2.45) is 5.73 Å². The summed E-state index contributed by atoms with van der Waals surface area (Å²) < 4.78 is 8.63. The van der Waals surface area contributed by atoms with E-state index in [-0.39, 0.29) is 20.9 Å². The van der Waals surface area contributed by atoms with Crippen LogP contribution in [0.4, 0.5) is 5.69 Å². The Morgan fingerprint density at radius 3 is 2.70 bits per heavy atom. The number of hydrogen-bond donors (Lipinski definition) is 2. The molecule has 0 spiro atoms. The van der Waals surface area contributed by atoms with Gasteiger partial charge in [0, 0.05) is 0 Å². The van der Waals surface area contributed by atoms with Gasteiger partial charge < -0.3 is 0 Å². The summed E-state index contributed by atoms with van der Waals surface area (Å²) in [7, 11) is 0. The zero-order valence-electron chi connectivity index (χ0n) is 10.5. The molecular weight excluding hydrogens is 319 g/mol. The average molecular weight is 331 g/mol. The fraction of sp³-hybridized carbons (Fsp3) is 0.0714. The molecule has 100 valence electrons. The molecule has 0 saturated carbocycles. The number of carbonyl (C=O) groups is 1. The van der Waals surface area contributed by atoms with Crippen molar-refractivity contribution in [1.82, 2.24) is 7.96 Å². The van der Waals surface area contributed by atoms with Gasteiger partial charge in [-0.3, -0.25) is 0 Å². The van der Waals surface area contributed by atoms with Crippen LogP contribution in [-0.2, 0) is 6.54 Å². The molecule has 3 rings (SSSR count). The molecule has 0 aliphatic rings. The van der Waals surface area contributed by atoms with Crippen molar-refractivity contribution in [1.29, 1.82) is 0 Å². The Balaban J connectivity index is 1.86. The third-order valence-corrected chi connectivity index (χ3v) is 4.12. The third kappa shape index (κ3) is 2.49. The van der Waals surface area contributed by atoms with E-state index in [1.807, 2.05) is 30.3 Å². The Kier molecular flexibility index (Phi) is 3.60. The number of hydrogen-bond acceptors (Lipinski definition) is 4. The molecule has 1 heterocycles. The van der Waals surface area contributed by atoms with E-state index < -0.39 is 0 Å². The van der Waals surface area contributed by atoms with Gasteiger partial charge in [-0.2, -0.15) is 0 Å². The minimum absolute atomic E-state index is 0.105. The molecule has 0 radical (unpaired) electrons. The molecule has 3 N–H and O–H groups in total. The van der Waals surface area contributed by atoms with Crippen LogP contribution in [0, 0.1) is 0 Å². The predicted molar refractivity (Wildman–Crippen MR) is 78.8 cm³/mol. The normalized spacial score (nSPS) is 10.7. The second kappa shape index (κ2) is 5.54. The van der Waals surface area contributed by atoms with E-state index >= 15 is 0 Å². The molecule has 20 heavy (non-hydrogen) atoms. The molecule has 0 atom stereocenters. The molecule has 3 aromatic rings. The Labute approximate surface area is 122 Å². The molecule has 1 amide bonds. The zero-order chi connectivity index (χ0) is 13.9. The van der Waals surface area contributed by atoms with Gasteiger partial charge in [0.2, 0.25) is 0 Å². The maximum atomic E-state index is 12.2. The van der Waals surface area contributed by atoms with Crippen molar-refractivity contribution in [3.8, 4) is 0 Å². The number of amides is 1. The van der Waals surface area contributed by atoms with Crippen molar-refractivity contribution in [3.05, 3.63) is 53.6 Å². The third-order valence-electron chi connectivity index (χ3n) is 2.99. The molecule has 6 heteroatoms. The van der Waals surface area contributed by atoms with Gasteiger partial charge in [-0.25, -0.2) is 0 Å². The summed E-state index contributed by atoms with van der Waals surface area (Å²) in [5, 5.41) is 2.88. The number of benzene rings is 2. The van der Waals surface area contributed by atoms with Crippen molar-refractivity contribution in [2.45, 2.75) is 6.54 Å². The van der Waals surface area contributed by atoms with Crippen molar-refractivity contribution in [3.63, 3.8) is 0 Å². The topological polar surface area (TPSA) is 80.9 Å². The van der Waals surface area contributed by atoms with Crippen molar-refractivity contribution in [2.75, 3.05) is 5.32 Å². The molecule has 2 aromatic carbocycles. The molecule has 0 unspecified atom stereocenters. The Morgan fingerprint density at radius 1 is 1.15 bits per heavy atom. The number of nitrogens with one attached hydrogen (secondary N) is 1. The molecule has 0 aliphatic heterocycles. The number of fused-ring (bicyclic) bond motifs is 1. The summed E-state index contributed by atoms with van der Waals surface area (Å²) in [5.41, 5.74) is 9.47. The maximum absolute atomic E-state index is 12.2. The van der Waals surface area contributed by atoms with E-state index in [1.165, 1.54) is 0 Å². The molecule has 0 aliphatic carbocycles. The summed E-state index contributed by atoms with van der Waals surface area (Å²) in [4.78, 5) is 12.2. The fourth-order valence-electron chi connectivity index (χ4n) is 1.89. The van der Waals surface area contributed by atoms with Gasteiger partial charge in [-0.15, -0.1) is 0 Å². The van der Waals surface area contributed by atoms with Crippen LogP contribution in [0.25, 0.3) is 11.0 Å². The Hall–Kier alpha value is -2.01. The van der Waals surface area contributed by atoms with E-state index in [0.29, 0.717) is 17.8 Å². The van der Waals surface area contributed by atoms with Crippen LogP contribution >= 0.6 is 0 Å². The summed E-state index contributed by atoms with van der Waals surface area (Å²) in [6.07, 6.45) is 0. The minimum atomic E-state index is -0.156. The van der Waals surface area contributed by atoms with Gasteiger partial charge >= 0.3 is 122 Å². The molecule has 1 aromatic heterocycles. The van der Waals surface area contributed by atoms with Gasteiger partial charge in [0.1, 0.15) is 0 Å². The summed E-state index contributed by atoms with van der Waals surface area (Å²) in [6.45, 7) is 0.469. The van der Waals surface area contributed by atoms with E-state index in [2.05, 4.69) is 13.3 Å². The quantitative estimate of drug-likeness (QED) is 0.711. The van der Waals surface area contributed by atoms with Crippen LogP contribution in [-0.4, -0.2) is 28.8 Å². The first-order valence-electron chi connectivity index (χ1n) is 6.09. The van der Waals surface area contributed by atoms with Crippen LogP contribution in [0.1, 0.15) is 15.9 Å². The van der Waals surface area contributed by atoms with E-state index in [0.717, 1.165) is 16.6 Å². The number of rotatable bonds is 3. The predicted octanol–water partition coefficient (Wildman–Crippen LogP) is 1.40. The van der Waals surface area contributed by atoms with Crippen LogP contribution in [0.15, 0.2) is 42.5 Å². The SMILES string of the molecule is NCc1ccc(C(=O)Nc2cccc3n[se]nc23)cc1. The summed E-state index contributed by atoms with van der Waals surface area (Å²) in [5.74, 6) is -0.156. The standard InChI is InChI=1S/C14H12N4OSe/c15-8-9-4-6-10(7-5-9)14(19)16-11-2-1-3-12-13(11)18-20-17-12/h1-7H,8,15H2,(H,16,19). The van der Waals surface area contributed by atoms with Gasteiger partial charge in [0.05, 0.1) is 0 Å². The molecular formula is C14H12N4OSe. The van der Waals surface area contributed by atoms with Crippen molar-refractivity contribution < 1.29 is 4.79 Å². The van der Waals surface area contributed by atoms with E-state index in [4.69, 9.17) is 5.73 Å². The molecule has 5 nitrogen and oxygen atoms in total. The number of aromatic nitrogens is 2. The Bertz CT molecular complexity index is 751. The van der Waals surface area contributed by atoms with Gasteiger partial charge in [-0.05, 0) is 0 Å². The second-order valence-electron chi connectivity index (χ2n) is 4.29. The Morgan fingerprint density at radius 2 is 1.95 bits per heavy atom. The van der Waals surface area contributed by atoms with Crippen LogP contribution in [0.5, 0.6) is 0 Å². The average Bonchev–Trinajstić information content (AvgIpc) is 2.97. The second-order valence-corrected chi connectivity index (χ2v) is 5.40. The van der Waals surface area contributed by atoms with Crippen LogP contribution < -0.4 is 11.1 Å². The van der Waals surface area contributed by atoms with Gasteiger partial charge in [0.15, 0.2) is 0 Å². The first kappa shape index (κ1) is 13.0. The van der Waals surface area contributed by atoms with Crippen molar-refractivity contribution >= 4 is 37.6 Å². The number of anilines is 1. The molecule has 0 fully saturated rings.